The lowest BCUT2D eigenvalue weighted by Crippen LogP contribution is -2.61. The van der Waals surface area contributed by atoms with E-state index in [-0.39, 0.29) is 17.9 Å². The highest BCUT2D eigenvalue weighted by Gasteiger charge is 2.44. The Morgan fingerprint density at radius 1 is 1.05 bits per heavy atom. The molecule has 0 spiro atoms. The molecule has 0 radical (unpaired) electrons. The summed E-state index contributed by atoms with van der Waals surface area (Å²) in [6, 6.07) is -0.136. The van der Waals surface area contributed by atoms with E-state index in [1.54, 1.807) is 0 Å². The van der Waals surface area contributed by atoms with Crippen LogP contribution in [-0.2, 0) is 9.59 Å². The van der Waals surface area contributed by atoms with Gasteiger partial charge >= 0.3 is 0 Å². The fourth-order valence-corrected chi connectivity index (χ4v) is 5.07. The van der Waals surface area contributed by atoms with Crippen molar-refractivity contribution in [3.05, 3.63) is 0 Å². The van der Waals surface area contributed by atoms with Crippen LogP contribution in [0.3, 0.4) is 0 Å². The van der Waals surface area contributed by atoms with Crippen LogP contribution in [-0.4, -0.2) is 47.3 Å². The molecule has 4 atom stereocenters. The summed E-state index contributed by atoms with van der Waals surface area (Å²) in [6.45, 7) is 1.97. The van der Waals surface area contributed by atoms with Crippen LogP contribution in [0.5, 0.6) is 0 Å². The number of fused-ring (bicyclic) bond motifs is 3. The lowest BCUT2D eigenvalue weighted by molar-refractivity contribution is -0.158. The molecule has 0 N–H and O–H groups in total. The third-order valence-corrected chi connectivity index (χ3v) is 6.09. The SMILES string of the molecule is O=C1C2CCCCN2C(=O)CN1CC1CC2CCC1C2. The van der Waals surface area contributed by atoms with E-state index in [1.165, 1.54) is 25.7 Å². The highest BCUT2D eigenvalue weighted by Crippen LogP contribution is 2.48. The van der Waals surface area contributed by atoms with Crippen molar-refractivity contribution in [1.29, 1.82) is 0 Å². The molecule has 4 nitrogen and oxygen atoms in total. The lowest BCUT2D eigenvalue weighted by atomic mass is 9.87. The molecule has 20 heavy (non-hydrogen) atoms. The minimum atomic E-state index is -0.136. The van der Waals surface area contributed by atoms with Crippen molar-refractivity contribution in [3.63, 3.8) is 0 Å². The standard InChI is InChI=1S/C16H24N2O2/c19-15-10-17(9-13-8-11-4-5-12(13)7-11)16(20)14-3-1-2-6-18(14)15/h11-14H,1-10H2. The summed E-state index contributed by atoms with van der Waals surface area (Å²) >= 11 is 0. The predicted molar refractivity (Wildman–Crippen MR) is 74.9 cm³/mol. The Bertz CT molecular complexity index is 436. The summed E-state index contributed by atoms with van der Waals surface area (Å²) in [5.74, 6) is 2.81. The van der Waals surface area contributed by atoms with Crippen LogP contribution in [0.25, 0.3) is 0 Å². The monoisotopic (exact) mass is 276 g/mol. The maximum atomic E-state index is 12.6. The highest BCUT2D eigenvalue weighted by atomic mass is 16.2. The van der Waals surface area contributed by atoms with Crippen molar-refractivity contribution in [1.82, 2.24) is 9.80 Å². The van der Waals surface area contributed by atoms with Gasteiger partial charge in [0.05, 0.1) is 6.54 Å². The summed E-state index contributed by atoms with van der Waals surface area (Å²) in [6.07, 6.45) is 8.42. The Morgan fingerprint density at radius 3 is 2.70 bits per heavy atom. The Morgan fingerprint density at radius 2 is 1.95 bits per heavy atom. The number of piperidine rings is 1. The molecule has 110 valence electrons. The summed E-state index contributed by atoms with van der Waals surface area (Å²) in [5, 5.41) is 0. The number of nitrogens with zero attached hydrogens (tertiary/aromatic N) is 2. The first-order chi connectivity index (χ1) is 9.72. The highest BCUT2D eigenvalue weighted by molar-refractivity contribution is 5.95. The largest absolute Gasteiger partial charge is 0.331 e. The molecule has 0 aromatic rings. The van der Waals surface area contributed by atoms with E-state index >= 15 is 0 Å². The number of carbonyl (C=O) groups excluding carboxylic acids is 2. The number of hydrogen-bond acceptors (Lipinski definition) is 2. The van der Waals surface area contributed by atoms with Gasteiger partial charge in [0.25, 0.3) is 0 Å². The molecule has 4 heteroatoms. The maximum absolute atomic E-state index is 12.6. The summed E-state index contributed by atoms with van der Waals surface area (Å²) in [4.78, 5) is 28.6. The molecular formula is C16H24N2O2. The van der Waals surface area contributed by atoms with Gasteiger partial charge in [-0.1, -0.05) is 6.42 Å². The molecule has 2 saturated heterocycles. The second-order valence-electron chi connectivity index (χ2n) is 7.25. The average molecular weight is 276 g/mol. The molecule has 4 rings (SSSR count). The summed E-state index contributed by atoms with van der Waals surface area (Å²) in [7, 11) is 0. The Labute approximate surface area is 120 Å². The second-order valence-corrected chi connectivity index (χ2v) is 7.25. The minimum Gasteiger partial charge on any atom is -0.331 e. The molecule has 2 bridgehead atoms. The molecule has 2 aliphatic carbocycles. The lowest BCUT2D eigenvalue weighted by Gasteiger charge is -2.44. The van der Waals surface area contributed by atoms with Crippen LogP contribution in [0.1, 0.15) is 44.9 Å². The Balaban J connectivity index is 1.45. The van der Waals surface area contributed by atoms with Gasteiger partial charge in [0.15, 0.2) is 0 Å². The van der Waals surface area contributed by atoms with Crippen LogP contribution >= 0.6 is 0 Å². The summed E-state index contributed by atoms with van der Waals surface area (Å²) in [5.41, 5.74) is 0. The third-order valence-electron chi connectivity index (χ3n) is 6.09. The third kappa shape index (κ3) is 1.95. The predicted octanol–water partition coefficient (Wildman–Crippen LogP) is 1.65. The van der Waals surface area contributed by atoms with E-state index in [0.717, 1.165) is 44.2 Å². The number of hydrogen-bond donors (Lipinski definition) is 0. The average Bonchev–Trinajstić information content (AvgIpc) is 3.07. The number of carbonyl (C=O) groups is 2. The molecule has 4 aliphatic rings. The van der Waals surface area contributed by atoms with Gasteiger partial charge in [0, 0.05) is 13.1 Å². The molecule has 2 heterocycles. The van der Waals surface area contributed by atoms with Gasteiger partial charge in [-0.05, 0) is 56.3 Å². The van der Waals surface area contributed by atoms with E-state index in [0.29, 0.717) is 12.5 Å². The first kappa shape index (κ1) is 12.7. The van der Waals surface area contributed by atoms with Crippen LogP contribution < -0.4 is 0 Å². The van der Waals surface area contributed by atoms with Gasteiger partial charge in [-0.2, -0.15) is 0 Å². The smallest absolute Gasteiger partial charge is 0.245 e. The fourth-order valence-electron chi connectivity index (χ4n) is 5.07. The normalized spacial score (nSPS) is 40.4. The Hall–Kier alpha value is -1.06. The maximum Gasteiger partial charge on any atom is 0.245 e. The van der Waals surface area contributed by atoms with Crippen molar-refractivity contribution in [2.75, 3.05) is 19.6 Å². The minimum absolute atomic E-state index is 0.136. The van der Waals surface area contributed by atoms with E-state index < -0.39 is 0 Å². The first-order valence-electron chi connectivity index (χ1n) is 8.30. The van der Waals surface area contributed by atoms with Gasteiger partial charge in [0.1, 0.15) is 6.04 Å². The molecule has 2 amide bonds. The van der Waals surface area contributed by atoms with Gasteiger partial charge in [-0.3, -0.25) is 9.59 Å². The van der Waals surface area contributed by atoms with E-state index in [1.807, 2.05) is 9.80 Å². The van der Waals surface area contributed by atoms with Crippen molar-refractivity contribution < 1.29 is 9.59 Å². The van der Waals surface area contributed by atoms with Gasteiger partial charge in [-0.15, -0.1) is 0 Å². The van der Waals surface area contributed by atoms with Crippen molar-refractivity contribution in [2.45, 2.75) is 51.0 Å². The van der Waals surface area contributed by atoms with Crippen molar-refractivity contribution >= 4 is 11.8 Å². The quantitative estimate of drug-likeness (QED) is 0.769. The van der Waals surface area contributed by atoms with Gasteiger partial charge < -0.3 is 9.80 Å². The fraction of sp³-hybridized carbons (Fsp3) is 0.875. The molecular weight excluding hydrogens is 252 g/mol. The Kier molecular flexibility index (Phi) is 3.00. The number of piperazine rings is 1. The van der Waals surface area contributed by atoms with Crippen LogP contribution in [0, 0.1) is 17.8 Å². The van der Waals surface area contributed by atoms with E-state index in [9.17, 15) is 9.59 Å². The number of amides is 2. The molecule has 0 aromatic carbocycles. The van der Waals surface area contributed by atoms with Crippen LogP contribution in [0.2, 0.25) is 0 Å². The van der Waals surface area contributed by atoms with Crippen LogP contribution in [0.15, 0.2) is 0 Å². The summed E-state index contributed by atoms with van der Waals surface area (Å²) < 4.78 is 0. The molecule has 2 aliphatic heterocycles. The van der Waals surface area contributed by atoms with E-state index in [4.69, 9.17) is 0 Å². The zero-order chi connectivity index (χ0) is 13.7. The van der Waals surface area contributed by atoms with Crippen molar-refractivity contribution in [3.8, 4) is 0 Å². The van der Waals surface area contributed by atoms with Gasteiger partial charge in [0.2, 0.25) is 11.8 Å². The number of rotatable bonds is 2. The topological polar surface area (TPSA) is 40.6 Å². The molecule has 4 unspecified atom stereocenters. The second kappa shape index (κ2) is 4.74. The molecule has 2 saturated carbocycles. The van der Waals surface area contributed by atoms with Crippen molar-refractivity contribution in [2.24, 2.45) is 17.8 Å². The van der Waals surface area contributed by atoms with Gasteiger partial charge in [-0.25, -0.2) is 0 Å². The van der Waals surface area contributed by atoms with Crippen LogP contribution in [0.4, 0.5) is 0 Å². The van der Waals surface area contributed by atoms with E-state index in [2.05, 4.69) is 0 Å². The molecule has 4 fully saturated rings. The first-order valence-corrected chi connectivity index (χ1v) is 8.30. The zero-order valence-electron chi connectivity index (χ0n) is 12.1. The zero-order valence-corrected chi connectivity index (χ0v) is 12.1. The molecule has 0 aromatic heterocycles.